The summed E-state index contributed by atoms with van der Waals surface area (Å²) in [4.78, 5) is 26.0. The molecule has 1 aromatic carbocycles. The van der Waals surface area contributed by atoms with E-state index in [0.717, 1.165) is 0 Å². The second kappa shape index (κ2) is 8.81. The third-order valence-corrected chi connectivity index (χ3v) is 6.29. The number of rotatable bonds is 8. The molecule has 1 unspecified atom stereocenters. The summed E-state index contributed by atoms with van der Waals surface area (Å²) in [7, 11) is -2.08. The topological polar surface area (TPSA) is 113 Å². The molecule has 0 aliphatic carbocycles. The Balaban J connectivity index is 2.07. The zero-order chi connectivity index (χ0) is 20.1. The Hall–Kier alpha value is -1.97. The van der Waals surface area contributed by atoms with Gasteiger partial charge in [-0.05, 0) is 30.5 Å². The molecule has 8 nitrogen and oxygen atoms in total. The molecule has 2 rings (SSSR count). The molecule has 1 heterocycles. The highest BCUT2D eigenvalue weighted by atomic mass is 32.2. The number of sulfonamides is 1. The van der Waals surface area contributed by atoms with Crippen LogP contribution in [0.25, 0.3) is 0 Å². The summed E-state index contributed by atoms with van der Waals surface area (Å²) in [6, 6.07) is 6.13. The summed E-state index contributed by atoms with van der Waals surface area (Å²) in [6.07, 6.45) is 1.16. The number of hydrogen-bond donors (Lipinski definition) is 2. The molecule has 1 aromatic rings. The fourth-order valence-corrected chi connectivity index (χ4v) is 4.36. The Labute approximate surface area is 159 Å². The fraction of sp³-hybridized carbons (Fsp3) is 0.556. The number of likely N-dealkylation sites (tertiary alicyclic amines) is 1. The van der Waals surface area contributed by atoms with E-state index in [0.29, 0.717) is 31.5 Å². The van der Waals surface area contributed by atoms with Crippen molar-refractivity contribution in [2.75, 3.05) is 33.4 Å². The lowest BCUT2D eigenvalue weighted by Crippen LogP contribution is -2.52. The van der Waals surface area contributed by atoms with Gasteiger partial charge in [-0.3, -0.25) is 9.59 Å². The molecule has 0 saturated carbocycles. The molecule has 1 amide bonds. The number of carboxylic acid groups (broad SMARTS) is 1. The molecular formula is C18H26N2O6S. The minimum atomic E-state index is -3.53. The summed E-state index contributed by atoms with van der Waals surface area (Å²) in [5.74, 6) is -1.14. The van der Waals surface area contributed by atoms with Crippen LogP contribution in [0.1, 0.15) is 25.3 Å². The van der Waals surface area contributed by atoms with Crippen LogP contribution >= 0.6 is 0 Å². The van der Waals surface area contributed by atoms with Crippen molar-refractivity contribution in [3.05, 3.63) is 29.8 Å². The maximum Gasteiger partial charge on any atom is 0.313 e. The maximum atomic E-state index is 12.6. The van der Waals surface area contributed by atoms with Crippen molar-refractivity contribution >= 4 is 21.9 Å². The summed E-state index contributed by atoms with van der Waals surface area (Å²) >= 11 is 0. The number of methoxy groups -OCH3 is 1. The number of ether oxygens (including phenoxy) is 1. The van der Waals surface area contributed by atoms with Crippen LogP contribution in [0.3, 0.4) is 0 Å². The van der Waals surface area contributed by atoms with Crippen LogP contribution in [-0.4, -0.2) is 63.7 Å². The number of piperidine rings is 1. The molecule has 0 bridgehead atoms. The van der Waals surface area contributed by atoms with Gasteiger partial charge in [0.1, 0.15) is 5.41 Å². The summed E-state index contributed by atoms with van der Waals surface area (Å²) < 4.78 is 31.4. The number of carbonyl (C=O) groups excluding carboxylic acids is 1. The summed E-state index contributed by atoms with van der Waals surface area (Å²) in [5, 5.41) is 9.58. The van der Waals surface area contributed by atoms with Crippen LogP contribution in [0.15, 0.2) is 29.2 Å². The first-order valence-corrected chi connectivity index (χ1v) is 10.3. The highest BCUT2D eigenvalue weighted by Crippen LogP contribution is 2.31. The summed E-state index contributed by atoms with van der Waals surface area (Å²) in [6.45, 7) is 2.67. The predicted molar refractivity (Wildman–Crippen MR) is 98.8 cm³/mol. The van der Waals surface area contributed by atoms with E-state index in [2.05, 4.69) is 4.72 Å². The molecule has 9 heteroatoms. The zero-order valence-electron chi connectivity index (χ0n) is 15.6. The lowest BCUT2D eigenvalue weighted by atomic mass is 9.80. The first-order chi connectivity index (χ1) is 12.7. The molecule has 1 aliphatic rings. The normalized spacial score (nSPS) is 20.4. The molecule has 0 spiro atoms. The van der Waals surface area contributed by atoms with Gasteiger partial charge in [0, 0.05) is 26.7 Å². The van der Waals surface area contributed by atoms with Crippen molar-refractivity contribution in [2.24, 2.45) is 5.41 Å². The maximum absolute atomic E-state index is 12.6. The number of nitrogens with one attached hydrogen (secondary N) is 1. The van der Waals surface area contributed by atoms with Gasteiger partial charge in [0.15, 0.2) is 0 Å². The van der Waals surface area contributed by atoms with Crippen molar-refractivity contribution < 1.29 is 27.9 Å². The number of benzene rings is 1. The summed E-state index contributed by atoms with van der Waals surface area (Å²) in [5.41, 5.74) is -0.402. The standard InChI is InChI=1S/C18H26N2O6S/c1-3-19-27(24,25)15-7-5-14(6-8-15)11-16(21)20-10-4-9-18(12-20,13-26-2)17(22)23/h5-8,19H,3-4,9-13H2,1-2H3,(H,22,23). The average molecular weight is 398 g/mol. The molecular weight excluding hydrogens is 372 g/mol. The number of amides is 1. The van der Waals surface area contributed by atoms with Crippen molar-refractivity contribution in [3.63, 3.8) is 0 Å². The van der Waals surface area contributed by atoms with E-state index < -0.39 is 21.4 Å². The minimum Gasteiger partial charge on any atom is -0.481 e. The monoisotopic (exact) mass is 398 g/mol. The number of aliphatic carboxylic acids is 1. The number of carbonyl (C=O) groups is 2. The van der Waals surface area contributed by atoms with Crippen LogP contribution in [0.4, 0.5) is 0 Å². The van der Waals surface area contributed by atoms with Gasteiger partial charge in [-0.25, -0.2) is 13.1 Å². The minimum absolute atomic E-state index is 0.0586. The molecule has 0 radical (unpaired) electrons. The molecule has 1 aliphatic heterocycles. The highest BCUT2D eigenvalue weighted by molar-refractivity contribution is 7.89. The Morgan fingerprint density at radius 2 is 1.96 bits per heavy atom. The van der Waals surface area contributed by atoms with Gasteiger partial charge in [-0.15, -0.1) is 0 Å². The average Bonchev–Trinajstić information content (AvgIpc) is 2.62. The largest absolute Gasteiger partial charge is 0.481 e. The van der Waals surface area contributed by atoms with Gasteiger partial charge in [0.2, 0.25) is 15.9 Å². The zero-order valence-corrected chi connectivity index (χ0v) is 16.4. The third kappa shape index (κ3) is 5.06. The van der Waals surface area contributed by atoms with Gasteiger partial charge in [0.05, 0.1) is 17.9 Å². The Morgan fingerprint density at radius 1 is 1.30 bits per heavy atom. The Kier molecular flexibility index (Phi) is 6.96. The predicted octanol–water partition coefficient (Wildman–Crippen LogP) is 0.867. The van der Waals surface area contributed by atoms with E-state index >= 15 is 0 Å². The van der Waals surface area contributed by atoms with E-state index in [4.69, 9.17) is 4.74 Å². The van der Waals surface area contributed by atoms with Crippen molar-refractivity contribution in [3.8, 4) is 0 Å². The van der Waals surface area contributed by atoms with E-state index in [9.17, 15) is 23.1 Å². The highest BCUT2D eigenvalue weighted by Gasteiger charge is 2.43. The van der Waals surface area contributed by atoms with Gasteiger partial charge < -0.3 is 14.7 Å². The van der Waals surface area contributed by atoms with Crippen LogP contribution < -0.4 is 4.72 Å². The van der Waals surface area contributed by atoms with Crippen LogP contribution in [0.2, 0.25) is 0 Å². The van der Waals surface area contributed by atoms with Crippen molar-refractivity contribution in [1.29, 1.82) is 0 Å². The van der Waals surface area contributed by atoms with Gasteiger partial charge in [0.25, 0.3) is 0 Å². The SMILES string of the molecule is CCNS(=O)(=O)c1ccc(CC(=O)N2CCCC(COC)(C(=O)O)C2)cc1. The van der Waals surface area contributed by atoms with E-state index in [1.54, 1.807) is 24.0 Å². The number of carboxylic acids is 1. The van der Waals surface area contributed by atoms with Crippen LogP contribution in [-0.2, 0) is 30.8 Å². The van der Waals surface area contributed by atoms with Crippen LogP contribution in [0.5, 0.6) is 0 Å². The molecule has 1 atom stereocenters. The molecule has 27 heavy (non-hydrogen) atoms. The van der Waals surface area contributed by atoms with Gasteiger partial charge in [-0.1, -0.05) is 19.1 Å². The number of nitrogens with zero attached hydrogens (tertiary/aromatic N) is 1. The molecule has 2 N–H and O–H groups in total. The lowest BCUT2D eigenvalue weighted by molar-refractivity contribution is -0.159. The fourth-order valence-electron chi connectivity index (χ4n) is 3.32. The third-order valence-electron chi connectivity index (χ3n) is 4.73. The Morgan fingerprint density at radius 3 is 2.52 bits per heavy atom. The lowest BCUT2D eigenvalue weighted by Gasteiger charge is -2.39. The van der Waals surface area contributed by atoms with Crippen molar-refractivity contribution in [1.82, 2.24) is 9.62 Å². The smallest absolute Gasteiger partial charge is 0.313 e. The van der Waals surface area contributed by atoms with E-state index in [1.165, 1.54) is 19.2 Å². The molecule has 150 valence electrons. The Bertz CT molecular complexity index is 774. The molecule has 1 saturated heterocycles. The number of hydrogen-bond acceptors (Lipinski definition) is 5. The molecule has 1 fully saturated rings. The van der Waals surface area contributed by atoms with E-state index in [1.807, 2.05) is 0 Å². The van der Waals surface area contributed by atoms with Gasteiger partial charge >= 0.3 is 5.97 Å². The molecule has 0 aromatic heterocycles. The van der Waals surface area contributed by atoms with Crippen molar-refractivity contribution in [2.45, 2.75) is 31.1 Å². The second-order valence-electron chi connectivity index (χ2n) is 6.76. The quantitative estimate of drug-likeness (QED) is 0.672. The first-order valence-electron chi connectivity index (χ1n) is 8.83. The first kappa shape index (κ1) is 21.3. The van der Waals surface area contributed by atoms with Gasteiger partial charge in [-0.2, -0.15) is 0 Å². The van der Waals surface area contributed by atoms with E-state index in [-0.39, 0.29) is 30.4 Å². The van der Waals surface area contributed by atoms with Crippen LogP contribution in [0, 0.1) is 5.41 Å². The second-order valence-corrected chi connectivity index (χ2v) is 8.53.